The van der Waals surface area contributed by atoms with Crippen LogP contribution in [-0.2, 0) is 23.1 Å². The first-order valence-corrected chi connectivity index (χ1v) is 14.8. The van der Waals surface area contributed by atoms with Gasteiger partial charge in [-0.15, -0.1) is 0 Å². The first kappa shape index (κ1) is 27.9. The second-order valence-corrected chi connectivity index (χ2v) is 11.7. The Hall–Kier alpha value is -3.64. The van der Waals surface area contributed by atoms with Gasteiger partial charge >= 0.3 is 0 Å². The molecule has 2 N–H and O–H groups in total. The molecule has 0 radical (unpaired) electrons. The zero-order valence-corrected chi connectivity index (χ0v) is 24.7. The average molecular weight is 643 g/mol. The summed E-state index contributed by atoms with van der Waals surface area (Å²) in [6, 6.07) is 21.7. The summed E-state index contributed by atoms with van der Waals surface area (Å²) in [5.41, 5.74) is 3.91. The Balaban J connectivity index is 1.35. The molecule has 0 aliphatic carbocycles. The Morgan fingerprint density at radius 3 is 2.48 bits per heavy atom. The average Bonchev–Trinajstić information content (AvgIpc) is 3.35. The first-order valence-electron chi connectivity index (χ1n) is 12.1. The van der Waals surface area contributed by atoms with E-state index in [9.17, 15) is 8.42 Å². The van der Waals surface area contributed by atoms with Crippen molar-refractivity contribution in [3.63, 3.8) is 0 Å². The molecule has 2 heterocycles. The third-order valence-corrected chi connectivity index (χ3v) is 8.48. The van der Waals surface area contributed by atoms with E-state index in [0.29, 0.717) is 28.7 Å². The molecule has 2 aromatic heterocycles. The Morgan fingerprint density at radius 2 is 1.73 bits per heavy atom. The van der Waals surface area contributed by atoms with Gasteiger partial charge < -0.3 is 14.8 Å². The molecule has 3 aromatic carbocycles. The molecule has 40 heavy (non-hydrogen) atoms. The molecular formula is C28H25BrClN5O4S. The number of hydrogen-bond donors (Lipinski definition) is 2. The number of fused-ring (bicyclic) bond motifs is 1. The SMILES string of the molecule is COc1ccc(OC)c(S(=O)(=O)NCc2cccc(CNc3cc(-c4ccccc4Cl)nc4c(Br)cnn34)c2)c1. The van der Waals surface area contributed by atoms with Crippen LogP contribution in [0.15, 0.2) is 88.4 Å². The smallest absolute Gasteiger partial charge is 0.244 e. The van der Waals surface area contributed by atoms with E-state index in [4.69, 9.17) is 26.1 Å². The van der Waals surface area contributed by atoms with Crippen molar-refractivity contribution in [2.24, 2.45) is 0 Å². The lowest BCUT2D eigenvalue weighted by atomic mass is 10.1. The monoisotopic (exact) mass is 641 g/mol. The van der Waals surface area contributed by atoms with Crippen molar-refractivity contribution in [3.8, 4) is 22.8 Å². The van der Waals surface area contributed by atoms with Crippen molar-refractivity contribution in [2.45, 2.75) is 18.0 Å². The van der Waals surface area contributed by atoms with Crippen molar-refractivity contribution in [1.82, 2.24) is 19.3 Å². The van der Waals surface area contributed by atoms with Gasteiger partial charge in [-0.05, 0) is 45.3 Å². The standard InChI is InChI=1S/C28H25BrClN5O4S/c1-38-20-10-11-25(39-2)26(13-20)40(36,37)33-16-19-7-5-6-18(12-19)15-31-27-14-24(21-8-3-4-9-23(21)30)34-28-22(29)17-32-35(27)28/h3-14,17,31,33H,15-16H2,1-2H3. The largest absolute Gasteiger partial charge is 0.497 e. The minimum absolute atomic E-state index is 0.00795. The summed E-state index contributed by atoms with van der Waals surface area (Å²) < 4.78 is 41.7. The number of halogens is 2. The normalized spacial score (nSPS) is 11.5. The highest BCUT2D eigenvalue weighted by atomic mass is 79.9. The highest BCUT2D eigenvalue weighted by molar-refractivity contribution is 9.10. The number of aromatic nitrogens is 3. The van der Waals surface area contributed by atoms with E-state index in [1.54, 1.807) is 22.8 Å². The molecular weight excluding hydrogens is 618 g/mol. The minimum atomic E-state index is -3.86. The third-order valence-electron chi connectivity index (χ3n) is 6.17. The van der Waals surface area contributed by atoms with Gasteiger partial charge in [0.15, 0.2) is 5.65 Å². The number of nitrogens with zero attached hydrogens (tertiary/aromatic N) is 3. The summed E-state index contributed by atoms with van der Waals surface area (Å²) in [6.07, 6.45) is 1.69. The molecule has 9 nitrogen and oxygen atoms in total. The molecule has 5 aromatic rings. The summed E-state index contributed by atoms with van der Waals surface area (Å²) in [5, 5.41) is 8.46. The lowest BCUT2D eigenvalue weighted by molar-refractivity contribution is 0.392. The summed E-state index contributed by atoms with van der Waals surface area (Å²) in [6.45, 7) is 0.557. The quantitative estimate of drug-likeness (QED) is 0.195. The second-order valence-electron chi connectivity index (χ2n) is 8.75. The highest BCUT2D eigenvalue weighted by Crippen LogP contribution is 2.31. The molecule has 0 unspecified atom stereocenters. The molecule has 0 aliphatic heterocycles. The number of benzene rings is 3. The molecule has 0 amide bonds. The van der Waals surface area contributed by atoms with E-state index in [1.165, 1.54) is 20.3 Å². The number of ether oxygens (including phenoxy) is 2. The van der Waals surface area contributed by atoms with E-state index in [2.05, 4.69) is 31.1 Å². The first-order chi connectivity index (χ1) is 19.3. The van der Waals surface area contributed by atoms with Crippen LogP contribution in [0.4, 0.5) is 5.82 Å². The molecule has 5 rings (SSSR count). The topological polar surface area (TPSA) is 107 Å². The van der Waals surface area contributed by atoms with Crippen molar-refractivity contribution < 1.29 is 17.9 Å². The van der Waals surface area contributed by atoms with Crippen molar-refractivity contribution >= 4 is 49.0 Å². The summed E-state index contributed by atoms with van der Waals surface area (Å²) in [7, 11) is -0.962. The Morgan fingerprint density at radius 1 is 0.950 bits per heavy atom. The van der Waals surface area contributed by atoms with Crippen LogP contribution in [0.2, 0.25) is 5.02 Å². The van der Waals surface area contributed by atoms with Gasteiger partial charge in [0.1, 0.15) is 22.2 Å². The van der Waals surface area contributed by atoms with Crippen LogP contribution in [0.25, 0.3) is 16.9 Å². The zero-order chi connectivity index (χ0) is 28.3. The van der Waals surface area contributed by atoms with Crippen molar-refractivity contribution in [1.29, 1.82) is 0 Å². The fourth-order valence-electron chi connectivity index (χ4n) is 4.16. The maximum absolute atomic E-state index is 13.1. The maximum atomic E-state index is 13.1. The number of rotatable bonds is 10. The molecule has 0 atom stereocenters. The highest BCUT2D eigenvalue weighted by Gasteiger charge is 2.20. The molecule has 12 heteroatoms. The summed E-state index contributed by atoms with van der Waals surface area (Å²) in [5.74, 6) is 1.37. The van der Waals surface area contributed by atoms with Gasteiger partial charge in [0.25, 0.3) is 0 Å². The van der Waals surface area contributed by atoms with Crippen molar-refractivity contribution in [2.75, 3.05) is 19.5 Å². The molecule has 0 bridgehead atoms. The Bertz CT molecular complexity index is 1800. The lowest BCUT2D eigenvalue weighted by Crippen LogP contribution is -2.24. The van der Waals surface area contributed by atoms with Gasteiger partial charge in [-0.25, -0.2) is 18.1 Å². The summed E-state index contributed by atoms with van der Waals surface area (Å²) >= 11 is 9.96. The number of anilines is 1. The van der Waals surface area contributed by atoms with Crippen LogP contribution in [0.1, 0.15) is 11.1 Å². The second kappa shape index (κ2) is 11.8. The Kier molecular flexibility index (Phi) is 8.27. The van der Waals surface area contributed by atoms with Crippen LogP contribution >= 0.6 is 27.5 Å². The zero-order valence-electron chi connectivity index (χ0n) is 21.6. The third kappa shape index (κ3) is 5.92. The van der Waals surface area contributed by atoms with Crippen LogP contribution in [0.5, 0.6) is 11.5 Å². The number of hydrogen-bond acceptors (Lipinski definition) is 7. The summed E-state index contributed by atoms with van der Waals surface area (Å²) in [4.78, 5) is 4.75. The van der Waals surface area contributed by atoms with E-state index < -0.39 is 10.0 Å². The predicted molar refractivity (Wildman–Crippen MR) is 158 cm³/mol. The van der Waals surface area contributed by atoms with Crippen molar-refractivity contribution in [3.05, 3.63) is 99.6 Å². The number of sulfonamides is 1. The van der Waals surface area contributed by atoms with Crippen LogP contribution in [0.3, 0.4) is 0 Å². The van der Waals surface area contributed by atoms with Gasteiger partial charge in [0, 0.05) is 35.8 Å². The predicted octanol–water partition coefficient (Wildman–Crippen LogP) is 5.92. The van der Waals surface area contributed by atoms with Crippen LogP contribution in [-0.4, -0.2) is 37.2 Å². The fraction of sp³-hybridized carbons (Fsp3) is 0.143. The molecule has 0 aliphatic rings. The maximum Gasteiger partial charge on any atom is 0.244 e. The van der Waals surface area contributed by atoms with Gasteiger partial charge in [-0.3, -0.25) is 0 Å². The molecule has 0 spiro atoms. The molecule has 0 fully saturated rings. The van der Waals surface area contributed by atoms with Gasteiger partial charge in [-0.2, -0.15) is 9.61 Å². The fourth-order valence-corrected chi connectivity index (χ4v) is 5.94. The van der Waals surface area contributed by atoms with E-state index >= 15 is 0 Å². The van der Waals surface area contributed by atoms with Crippen LogP contribution in [0, 0.1) is 0 Å². The minimum Gasteiger partial charge on any atom is -0.497 e. The van der Waals surface area contributed by atoms with Gasteiger partial charge in [-0.1, -0.05) is 54.1 Å². The molecule has 0 saturated heterocycles. The van der Waals surface area contributed by atoms with E-state index in [0.717, 1.165) is 27.0 Å². The van der Waals surface area contributed by atoms with Crippen LogP contribution < -0.4 is 19.5 Å². The number of methoxy groups -OCH3 is 2. The van der Waals surface area contributed by atoms with E-state index in [-0.39, 0.29) is 17.2 Å². The number of nitrogens with one attached hydrogen (secondary N) is 2. The van der Waals surface area contributed by atoms with Gasteiger partial charge in [0.05, 0.1) is 30.6 Å². The van der Waals surface area contributed by atoms with E-state index in [1.807, 2.05) is 54.6 Å². The molecule has 206 valence electrons. The lowest BCUT2D eigenvalue weighted by Gasteiger charge is -2.13. The molecule has 0 saturated carbocycles. The van der Waals surface area contributed by atoms with Gasteiger partial charge in [0.2, 0.25) is 10.0 Å². The Labute approximate surface area is 245 Å².